The van der Waals surface area contributed by atoms with Crippen molar-refractivity contribution in [3.8, 4) is 17.0 Å². The Morgan fingerprint density at radius 3 is 2.67 bits per heavy atom. The lowest BCUT2D eigenvalue weighted by atomic mass is 10.2. The number of methoxy groups -OCH3 is 1. The molecule has 2 aromatic carbocycles. The predicted octanol–water partition coefficient (Wildman–Crippen LogP) is 3.53. The van der Waals surface area contributed by atoms with Crippen molar-refractivity contribution in [3.63, 3.8) is 0 Å². The summed E-state index contributed by atoms with van der Waals surface area (Å²) in [5.74, 6) is -0.397. The molecule has 0 bridgehead atoms. The van der Waals surface area contributed by atoms with Gasteiger partial charge in [-0.05, 0) is 48.9 Å². The van der Waals surface area contributed by atoms with Crippen molar-refractivity contribution in [2.75, 3.05) is 23.3 Å². The molecule has 1 N–H and O–H groups in total. The molecule has 3 heterocycles. The summed E-state index contributed by atoms with van der Waals surface area (Å²) < 4.78 is 48.8. The molecule has 170 valence electrons. The molecule has 0 saturated carbocycles. The van der Waals surface area contributed by atoms with Gasteiger partial charge in [-0.25, -0.2) is 22.0 Å². The first-order valence-electron chi connectivity index (χ1n) is 9.97. The second kappa shape index (κ2) is 8.12. The molecule has 1 fully saturated rings. The quantitative estimate of drug-likeness (QED) is 0.446. The first-order valence-corrected chi connectivity index (χ1v) is 12.3. The summed E-state index contributed by atoms with van der Waals surface area (Å²) in [6, 6.07) is 10.5. The summed E-state index contributed by atoms with van der Waals surface area (Å²) >= 11 is 1.27. The minimum atomic E-state index is -4.13. The lowest BCUT2D eigenvalue weighted by molar-refractivity contribution is -0.117. The van der Waals surface area contributed by atoms with E-state index in [1.165, 1.54) is 47.2 Å². The average Bonchev–Trinajstić information content (AvgIpc) is 3.49. The van der Waals surface area contributed by atoms with E-state index in [-0.39, 0.29) is 28.3 Å². The Kier molecular flexibility index (Phi) is 5.25. The average molecular weight is 488 g/mol. The zero-order valence-corrected chi connectivity index (χ0v) is 19.0. The Morgan fingerprint density at radius 1 is 1.18 bits per heavy atom. The molecule has 1 aliphatic rings. The van der Waals surface area contributed by atoms with Gasteiger partial charge in [0.15, 0.2) is 0 Å². The summed E-state index contributed by atoms with van der Waals surface area (Å²) in [5, 5.41) is 6.08. The Morgan fingerprint density at radius 2 is 1.97 bits per heavy atom. The third-order valence-corrected chi connectivity index (χ3v) is 7.43. The van der Waals surface area contributed by atoms with Gasteiger partial charge in [-0.1, -0.05) is 0 Å². The van der Waals surface area contributed by atoms with Gasteiger partial charge in [0.25, 0.3) is 16.0 Å². The fourth-order valence-electron chi connectivity index (χ4n) is 3.68. The minimum Gasteiger partial charge on any atom is -0.495 e. The number of benzene rings is 2. The molecule has 2 aromatic heterocycles. The van der Waals surface area contributed by atoms with E-state index >= 15 is 0 Å². The van der Waals surface area contributed by atoms with Gasteiger partial charge in [0, 0.05) is 29.6 Å². The fraction of sp³-hybridized carbons (Fsp3) is 0.190. The fourth-order valence-corrected chi connectivity index (χ4v) is 5.64. The number of aromatic nitrogens is 3. The van der Waals surface area contributed by atoms with Gasteiger partial charge in [0.2, 0.25) is 10.9 Å². The summed E-state index contributed by atoms with van der Waals surface area (Å²) in [5.41, 5.74) is 1.85. The van der Waals surface area contributed by atoms with E-state index in [9.17, 15) is 17.6 Å². The zero-order valence-electron chi connectivity index (χ0n) is 17.4. The second-order valence-electron chi connectivity index (χ2n) is 7.35. The molecule has 1 amide bonds. The first-order chi connectivity index (χ1) is 15.9. The zero-order chi connectivity index (χ0) is 23.2. The number of ether oxygens (including phenoxy) is 1. The number of carbonyl (C=O) groups is 1. The van der Waals surface area contributed by atoms with E-state index in [0.29, 0.717) is 34.9 Å². The van der Waals surface area contributed by atoms with Crippen LogP contribution in [0.1, 0.15) is 12.8 Å². The van der Waals surface area contributed by atoms with Crippen LogP contribution >= 0.6 is 11.3 Å². The number of hydrogen-bond donors (Lipinski definition) is 1. The molecule has 0 spiro atoms. The molecule has 1 saturated heterocycles. The smallest absolute Gasteiger partial charge is 0.268 e. The van der Waals surface area contributed by atoms with Crippen molar-refractivity contribution in [1.82, 2.24) is 14.6 Å². The number of halogens is 1. The molecule has 33 heavy (non-hydrogen) atoms. The van der Waals surface area contributed by atoms with E-state index in [2.05, 4.69) is 14.8 Å². The van der Waals surface area contributed by atoms with Crippen molar-refractivity contribution < 1.29 is 22.3 Å². The van der Waals surface area contributed by atoms with Crippen LogP contribution in [0.2, 0.25) is 0 Å². The molecule has 12 heteroatoms. The van der Waals surface area contributed by atoms with Crippen molar-refractivity contribution >= 4 is 43.9 Å². The van der Waals surface area contributed by atoms with Crippen molar-refractivity contribution in [2.24, 2.45) is 0 Å². The Hall–Kier alpha value is -3.51. The summed E-state index contributed by atoms with van der Waals surface area (Å²) in [6.07, 6.45) is 1.15. The predicted molar refractivity (Wildman–Crippen MR) is 122 cm³/mol. The van der Waals surface area contributed by atoms with Crippen LogP contribution in [0.5, 0.6) is 5.75 Å². The number of anilines is 2. The molecule has 0 unspecified atom stereocenters. The lowest BCUT2D eigenvalue weighted by Gasteiger charge is -2.18. The van der Waals surface area contributed by atoms with Crippen LogP contribution in [0.15, 0.2) is 52.7 Å². The van der Waals surface area contributed by atoms with Gasteiger partial charge in [0.1, 0.15) is 16.5 Å². The number of sulfonamides is 1. The van der Waals surface area contributed by atoms with Gasteiger partial charge in [-0.2, -0.15) is 4.98 Å². The number of carbonyl (C=O) groups excluding carboxylic acids is 1. The topological polar surface area (TPSA) is 106 Å². The SMILES string of the molecule is COc1ccc(N2CCCC2=O)cc1S(=O)(=O)Nc1nc2scc(-c3ccc(F)cc3)n2n1. The highest BCUT2D eigenvalue weighted by Crippen LogP contribution is 2.32. The number of fused-ring (bicyclic) bond motifs is 1. The molecule has 0 atom stereocenters. The van der Waals surface area contributed by atoms with Crippen molar-refractivity contribution in [1.29, 1.82) is 0 Å². The van der Waals surface area contributed by atoms with Crippen LogP contribution in [-0.4, -0.2) is 42.6 Å². The number of nitrogens with one attached hydrogen (secondary N) is 1. The second-order valence-corrected chi connectivity index (χ2v) is 9.83. The Balaban J connectivity index is 1.49. The summed E-state index contributed by atoms with van der Waals surface area (Å²) in [4.78, 5) is 18.3. The molecule has 9 nitrogen and oxygen atoms in total. The summed E-state index contributed by atoms with van der Waals surface area (Å²) in [7, 11) is -2.76. The molecule has 0 aliphatic carbocycles. The normalized spacial score (nSPS) is 14.2. The standard InChI is InChI=1S/C21H18FN5O4S2/c1-31-17-9-8-15(26-10-2-3-19(26)28)11-18(17)33(29,30)25-20-23-21-27(24-20)16(12-32-21)13-4-6-14(22)7-5-13/h4-9,11-12H,2-3,10H2,1H3,(H,24,25). The number of hydrogen-bond acceptors (Lipinski definition) is 7. The van der Waals surface area contributed by atoms with Gasteiger partial charge < -0.3 is 9.64 Å². The highest BCUT2D eigenvalue weighted by atomic mass is 32.2. The third-order valence-electron chi connectivity index (χ3n) is 5.27. The van der Waals surface area contributed by atoms with Gasteiger partial charge >= 0.3 is 0 Å². The summed E-state index contributed by atoms with van der Waals surface area (Å²) in [6.45, 7) is 0.531. The number of thiazole rings is 1. The van der Waals surface area contributed by atoms with Crippen LogP contribution in [0.25, 0.3) is 16.2 Å². The number of nitrogens with zero attached hydrogens (tertiary/aromatic N) is 4. The van der Waals surface area contributed by atoms with E-state index in [0.717, 1.165) is 6.42 Å². The highest BCUT2D eigenvalue weighted by Gasteiger charge is 2.27. The molecule has 0 radical (unpaired) electrons. The van der Waals surface area contributed by atoms with Crippen LogP contribution in [0, 0.1) is 5.82 Å². The molecular formula is C21H18FN5O4S2. The van der Waals surface area contributed by atoms with Crippen LogP contribution in [0.3, 0.4) is 0 Å². The Bertz CT molecular complexity index is 1460. The molecule has 4 aromatic rings. The van der Waals surface area contributed by atoms with E-state index in [4.69, 9.17) is 4.74 Å². The minimum absolute atomic E-state index is 0.0548. The van der Waals surface area contributed by atoms with Gasteiger partial charge in [-0.3, -0.25) is 4.79 Å². The monoisotopic (exact) mass is 487 g/mol. The third kappa shape index (κ3) is 3.91. The van der Waals surface area contributed by atoms with E-state index in [1.807, 2.05) is 0 Å². The van der Waals surface area contributed by atoms with E-state index < -0.39 is 10.0 Å². The molecule has 1 aliphatic heterocycles. The molecule has 5 rings (SSSR count). The Labute approximate surface area is 192 Å². The maximum atomic E-state index is 13.3. The van der Waals surface area contributed by atoms with Crippen LogP contribution in [-0.2, 0) is 14.8 Å². The van der Waals surface area contributed by atoms with Crippen molar-refractivity contribution in [3.05, 3.63) is 53.7 Å². The highest BCUT2D eigenvalue weighted by molar-refractivity contribution is 7.92. The first kappa shape index (κ1) is 21.3. The largest absolute Gasteiger partial charge is 0.495 e. The maximum absolute atomic E-state index is 13.3. The van der Waals surface area contributed by atoms with Gasteiger partial charge in [-0.15, -0.1) is 16.4 Å². The van der Waals surface area contributed by atoms with E-state index in [1.54, 1.807) is 28.5 Å². The number of rotatable bonds is 6. The maximum Gasteiger partial charge on any atom is 0.268 e. The number of amides is 1. The molecular weight excluding hydrogens is 469 g/mol. The van der Waals surface area contributed by atoms with Crippen molar-refractivity contribution in [2.45, 2.75) is 17.7 Å². The van der Waals surface area contributed by atoms with Crippen LogP contribution in [0.4, 0.5) is 16.0 Å². The van der Waals surface area contributed by atoms with Crippen LogP contribution < -0.4 is 14.4 Å². The van der Waals surface area contributed by atoms with Gasteiger partial charge in [0.05, 0.1) is 12.8 Å². The lowest BCUT2D eigenvalue weighted by Crippen LogP contribution is -2.24.